The third-order valence-electron chi connectivity index (χ3n) is 4.39. The molecule has 0 aliphatic heterocycles. The number of aryl methyl sites for hydroxylation is 1. The van der Waals surface area contributed by atoms with Crippen LogP contribution in [-0.2, 0) is 6.42 Å². The molecule has 5 nitrogen and oxygen atoms in total. The Bertz CT molecular complexity index is 683. The molecule has 0 saturated heterocycles. The van der Waals surface area contributed by atoms with E-state index in [4.69, 9.17) is 5.73 Å². The van der Waals surface area contributed by atoms with Crippen molar-refractivity contribution in [3.8, 4) is 0 Å². The molecule has 1 aromatic carbocycles. The molecule has 25 heavy (non-hydrogen) atoms. The molecule has 0 atom stereocenters. The van der Waals surface area contributed by atoms with Gasteiger partial charge in [0.1, 0.15) is 12.1 Å². The fraction of sp³-hybridized carbons (Fsp3) is 0.450. The highest BCUT2D eigenvalue weighted by Crippen LogP contribution is 2.21. The van der Waals surface area contributed by atoms with Crippen molar-refractivity contribution < 1.29 is 4.79 Å². The summed E-state index contributed by atoms with van der Waals surface area (Å²) < 4.78 is 0. The molecule has 0 spiro atoms. The molecule has 1 amide bonds. The molecule has 0 bridgehead atoms. The maximum absolute atomic E-state index is 11.1. The average molecular weight is 340 g/mol. The molecule has 0 fully saturated rings. The second-order valence-corrected chi connectivity index (χ2v) is 6.38. The standard InChI is InChI=1S/C20H28N4O/c1-3-4-5-6-7-8-9-18-15(2)20(23-14-22-18)24-17-12-10-16(11-13-17)19(21)25/h10-14H,3-9H2,1-2H3,(H2,21,25)(H,22,23,24). The van der Waals surface area contributed by atoms with Gasteiger partial charge in [0.25, 0.3) is 0 Å². The normalized spacial score (nSPS) is 10.6. The number of unbranched alkanes of at least 4 members (excludes halogenated alkanes) is 5. The molecular weight excluding hydrogens is 312 g/mol. The number of carbonyl (C=O) groups excluding carboxylic acids is 1. The van der Waals surface area contributed by atoms with Crippen LogP contribution in [0.4, 0.5) is 11.5 Å². The monoisotopic (exact) mass is 340 g/mol. The summed E-state index contributed by atoms with van der Waals surface area (Å²) in [6.07, 6.45) is 10.2. The van der Waals surface area contributed by atoms with Crippen molar-refractivity contribution in [3.05, 3.63) is 47.4 Å². The highest BCUT2D eigenvalue weighted by atomic mass is 16.1. The van der Waals surface area contributed by atoms with E-state index in [9.17, 15) is 4.79 Å². The predicted molar refractivity (Wildman–Crippen MR) is 102 cm³/mol. The van der Waals surface area contributed by atoms with Crippen LogP contribution in [0.15, 0.2) is 30.6 Å². The average Bonchev–Trinajstić information content (AvgIpc) is 2.61. The highest BCUT2D eigenvalue weighted by molar-refractivity contribution is 5.93. The van der Waals surface area contributed by atoms with Crippen LogP contribution in [0.3, 0.4) is 0 Å². The first kappa shape index (κ1) is 18.9. The number of rotatable bonds is 10. The Hall–Kier alpha value is -2.43. The molecular formula is C20H28N4O. The largest absolute Gasteiger partial charge is 0.366 e. The SMILES string of the molecule is CCCCCCCCc1ncnc(Nc2ccc(C(N)=O)cc2)c1C. The number of nitrogens with one attached hydrogen (secondary N) is 1. The summed E-state index contributed by atoms with van der Waals surface area (Å²) in [6.45, 7) is 4.28. The van der Waals surface area contributed by atoms with E-state index in [0.29, 0.717) is 5.56 Å². The number of amides is 1. The lowest BCUT2D eigenvalue weighted by atomic mass is 10.1. The number of primary amides is 1. The van der Waals surface area contributed by atoms with E-state index in [0.717, 1.165) is 35.6 Å². The van der Waals surface area contributed by atoms with Gasteiger partial charge < -0.3 is 11.1 Å². The zero-order valence-electron chi connectivity index (χ0n) is 15.2. The van der Waals surface area contributed by atoms with Crippen LogP contribution in [0.5, 0.6) is 0 Å². The molecule has 1 heterocycles. The minimum Gasteiger partial charge on any atom is -0.366 e. The van der Waals surface area contributed by atoms with Gasteiger partial charge >= 0.3 is 0 Å². The van der Waals surface area contributed by atoms with Crippen molar-refractivity contribution in [1.29, 1.82) is 0 Å². The van der Waals surface area contributed by atoms with Crippen molar-refractivity contribution in [2.45, 2.75) is 58.8 Å². The quantitative estimate of drug-likeness (QED) is 0.623. The number of benzene rings is 1. The van der Waals surface area contributed by atoms with Gasteiger partial charge in [-0.25, -0.2) is 9.97 Å². The van der Waals surface area contributed by atoms with Crippen molar-refractivity contribution in [3.63, 3.8) is 0 Å². The summed E-state index contributed by atoms with van der Waals surface area (Å²) in [5.74, 6) is 0.383. The van der Waals surface area contributed by atoms with Gasteiger partial charge in [-0.15, -0.1) is 0 Å². The molecule has 0 radical (unpaired) electrons. The third-order valence-corrected chi connectivity index (χ3v) is 4.39. The van der Waals surface area contributed by atoms with Gasteiger partial charge in [-0.2, -0.15) is 0 Å². The van der Waals surface area contributed by atoms with E-state index in [1.165, 1.54) is 32.1 Å². The van der Waals surface area contributed by atoms with Crippen LogP contribution in [0.25, 0.3) is 0 Å². The molecule has 0 unspecified atom stereocenters. The van der Waals surface area contributed by atoms with E-state index >= 15 is 0 Å². The Morgan fingerprint density at radius 3 is 2.40 bits per heavy atom. The minimum atomic E-state index is -0.425. The van der Waals surface area contributed by atoms with Gasteiger partial charge in [0.2, 0.25) is 5.91 Å². The van der Waals surface area contributed by atoms with Crippen LogP contribution >= 0.6 is 0 Å². The molecule has 0 aliphatic rings. The van der Waals surface area contributed by atoms with Gasteiger partial charge in [-0.3, -0.25) is 4.79 Å². The summed E-state index contributed by atoms with van der Waals surface area (Å²) in [5.41, 5.74) is 8.81. The first-order valence-corrected chi connectivity index (χ1v) is 9.09. The van der Waals surface area contributed by atoms with Crippen molar-refractivity contribution in [2.75, 3.05) is 5.32 Å². The number of hydrogen-bond donors (Lipinski definition) is 2. The Labute approximate surface area is 150 Å². The smallest absolute Gasteiger partial charge is 0.248 e. The molecule has 3 N–H and O–H groups in total. The molecule has 2 aromatic rings. The number of anilines is 2. The number of nitrogens with two attached hydrogens (primary N) is 1. The summed E-state index contributed by atoms with van der Waals surface area (Å²) in [4.78, 5) is 19.9. The maximum Gasteiger partial charge on any atom is 0.248 e. The van der Waals surface area contributed by atoms with Crippen molar-refractivity contribution >= 4 is 17.4 Å². The summed E-state index contributed by atoms with van der Waals surface area (Å²) in [7, 11) is 0. The maximum atomic E-state index is 11.1. The summed E-state index contributed by atoms with van der Waals surface area (Å²) >= 11 is 0. The van der Waals surface area contributed by atoms with Gasteiger partial charge in [-0.1, -0.05) is 39.0 Å². The Kier molecular flexibility index (Phi) is 7.38. The Balaban J connectivity index is 1.94. The van der Waals surface area contributed by atoms with Crippen molar-refractivity contribution in [2.24, 2.45) is 5.73 Å². The first-order chi connectivity index (χ1) is 12.1. The first-order valence-electron chi connectivity index (χ1n) is 9.09. The van der Waals surface area contributed by atoms with E-state index in [-0.39, 0.29) is 0 Å². The lowest BCUT2D eigenvalue weighted by molar-refractivity contribution is 0.100. The zero-order valence-corrected chi connectivity index (χ0v) is 15.2. The van der Waals surface area contributed by atoms with Gasteiger partial charge in [0, 0.05) is 22.5 Å². The van der Waals surface area contributed by atoms with Crippen molar-refractivity contribution in [1.82, 2.24) is 9.97 Å². The van der Waals surface area contributed by atoms with Gasteiger partial charge in [0.05, 0.1) is 0 Å². The third kappa shape index (κ3) is 5.85. The van der Waals surface area contributed by atoms with E-state index in [1.807, 2.05) is 19.1 Å². The Morgan fingerprint density at radius 2 is 1.72 bits per heavy atom. The van der Waals surface area contributed by atoms with Gasteiger partial charge in [0.15, 0.2) is 0 Å². The molecule has 134 valence electrons. The predicted octanol–water partition coefficient (Wildman–Crippen LogP) is 4.53. The summed E-state index contributed by atoms with van der Waals surface area (Å²) in [5, 5.41) is 3.29. The number of carbonyl (C=O) groups is 1. The van der Waals surface area contributed by atoms with E-state index in [2.05, 4.69) is 22.2 Å². The molecule has 5 heteroatoms. The topological polar surface area (TPSA) is 80.9 Å². The fourth-order valence-corrected chi connectivity index (χ4v) is 2.79. The van der Waals surface area contributed by atoms with Crippen LogP contribution < -0.4 is 11.1 Å². The molecule has 0 saturated carbocycles. The van der Waals surface area contributed by atoms with E-state index in [1.54, 1.807) is 18.5 Å². The second kappa shape index (κ2) is 9.77. The van der Waals surface area contributed by atoms with Gasteiger partial charge in [-0.05, 0) is 44.0 Å². The zero-order chi connectivity index (χ0) is 18.1. The minimum absolute atomic E-state index is 0.425. The van der Waals surface area contributed by atoms with E-state index < -0.39 is 5.91 Å². The fourth-order valence-electron chi connectivity index (χ4n) is 2.79. The highest BCUT2D eigenvalue weighted by Gasteiger charge is 2.08. The Morgan fingerprint density at radius 1 is 1.04 bits per heavy atom. The number of aromatic nitrogens is 2. The van der Waals surface area contributed by atoms with Crippen LogP contribution in [0.1, 0.15) is 67.1 Å². The molecule has 2 rings (SSSR count). The number of hydrogen-bond acceptors (Lipinski definition) is 4. The van der Waals surface area contributed by atoms with Crippen LogP contribution in [0, 0.1) is 6.92 Å². The molecule has 0 aliphatic carbocycles. The van der Waals surface area contributed by atoms with Crippen LogP contribution in [0.2, 0.25) is 0 Å². The second-order valence-electron chi connectivity index (χ2n) is 6.38. The summed E-state index contributed by atoms with van der Waals surface area (Å²) in [6, 6.07) is 7.07. The molecule has 1 aromatic heterocycles. The lowest BCUT2D eigenvalue weighted by Crippen LogP contribution is -2.10. The lowest BCUT2D eigenvalue weighted by Gasteiger charge is -2.12. The van der Waals surface area contributed by atoms with Crippen LogP contribution in [-0.4, -0.2) is 15.9 Å². The number of nitrogens with zero attached hydrogens (tertiary/aromatic N) is 2.